The lowest BCUT2D eigenvalue weighted by Crippen LogP contribution is -2.39. The van der Waals surface area contributed by atoms with Gasteiger partial charge >= 0.3 is 5.69 Å². The third-order valence-electron chi connectivity index (χ3n) is 5.76. The summed E-state index contributed by atoms with van der Waals surface area (Å²) in [5.41, 5.74) is 2.81. The first kappa shape index (κ1) is 17.0. The van der Waals surface area contributed by atoms with E-state index in [-0.39, 0.29) is 11.2 Å². The van der Waals surface area contributed by atoms with Crippen LogP contribution in [0, 0.1) is 5.92 Å². The van der Waals surface area contributed by atoms with E-state index in [2.05, 4.69) is 16.0 Å². The monoisotopic (exact) mass is 377 g/mol. The van der Waals surface area contributed by atoms with E-state index in [1.165, 1.54) is 32.9 Å². The number of aryl methyl sites for hydroxylation is 2. The highest BCUT2D eigenvalue weighted by Crippen LogP contribution is 2.31. The van der Waals surface area contributed by atoms with Gasteiger partial charge in [0.1, 0.15) is 0 Å². The minimum absolute atomic E-state index is 0.227. The maximum atomic E-state index is 13.1. The van der Waals surface area contributed by atoms with Crippen LogP contribution in [-0.4, -0.2) is 23.7 Å². The summed E-state index contributed by atoms with van der Waals surface area (Å²) >= 11 is 0. The molecule has 1 aliphatic carbocycles. The zero-order valence-corrected chi connectivity index (χ0v) is 15.9. The molecule has 1 aliphatic rings. The van der Waals surface area contributed by atoms with Crippen LogP contribution in [0.25, 0.3) is 22.1 Å². The Kier molecular flexibility index (Phi) is 3.96. The van der Waals surface area contributed by atoms with E-state index in [1.54, 1.807) is 13.4 Å². The van der Waals surface area contributed by atoms with Gasteiger partial charge in [0.25, 0.3) is 5.56 Å². The van der Waals surface area contributed by atoms with Crippen LogP contribution in [0.3, 0.4) is 0 Å². The van der Waals surface area contributed by atoms with Crippen molar-refractivity contribution in [3.8, 4) is 0 Å². The van der Waals surface area contributed by atoms with E-state index >= 15 is 0 Å². The molecule has 0 aliphatic heterocycles. The number of imidazole rings is 1. The van der Waals surface area contributed by atoms with Gasteiger partial charge in [-0.05, 0) is 43.2 Å². The Morgan fingerprint density at radius 3 is 2.86 bits per heavy atom. The van der Waals surface area contributed by atoms with Crippen molar-refractivity contribution in [2.75, 3.05) is 0 Å². The number of fused-ring (bicyclic) bond motifs is 2. The predicted molar refractivity (Wildman–Crippen MR) is 109 cm³/mol. The summed E-state index contributed by atoms with van der Waals surface area (Å²) in [5.74, 6) is 0.629. The van der Waals surface area contributed by atoms with Crippen molar-refractivity contribution in [1.82, 2.24) is 23.7 Å². The van der Waals surface area contributed by atoms with Crippen molar-refractivity contribution in [2.24, 2.45) is 13.0 Å². The number of nitrogens with zero attached hydrogens (tertiary/aromatic N) is 4. The Hall–Kier alpha value is -3.09. The summed E-state index contributed by atoms with van der Waals surface area (Å²) in [6, 6.07) is 8.17. The number of hydrogen-bond donors (Lipinski definition) is 1. The molecule has 1 fully saturated rings. The minimum atomic E-state index is -0.298. The first-order valence-electron chi connectivity index (χ1n) is 9.83. The molecule has 7 nitrogen and oxygen atoms in total. The third kappa shape index (κ3) is 2.78. The third-order valence-corrected chi connectivity index (χ3v) is 5.76. The predicted octanol–water partition coefficient (Wildman–Crippen LogP) is 2.42. The number of aromatic nitrogens is 5. The molecule has 0 spiro atoms. The molecule has 1 aromatic carbocycles. The molecule has 28 heavy (non-hydrogen) atoms. The number of benzene rings is 1. The van der Waals surface area contributed by atoms with E-state index in [0.717, 1.165) is 24.9 Å². The fraction of sp³-hybridized carbons (Fsp3) is 0.381. The van der Waals surface area contributed by atoms with Gasteiger partial charge in [0.05, 0.1) is 6.33 Å². The highest BCUT2D eigenvalue weighted by Gasteiger charge is 2.24. The Bertz CT molecular complexity index is 1290. The number of nitrogens with one attached hydrogen (secondary N) is 1. The minimum Gasteiger partial charge on any atom is -0.361 e. The van der Waals surface area contributed by atoms with Crippen LogP contribution in [0.4, 0.5) is 0 Å². The van der Waals surface area contributed by atoms with Crippen LogP contribution in [-0.2, 0) is 26.6 Å². The van der Waals surface area contributed by atoms with E-state index < -0.39 is 0 Å². The molecule has 0 radical (unpaired) electrons. The molecule has 7 heteroatoms. The second-order valence-electron chi connectivity index (χ2n) is 7.77. The van der Waals surface area contributed by atoms with Gasteiger partial charge in [-0.15, -0.1) is 0 Å². The first-order chi connectivity index (χ1) is 13.6. The normalized spacial score (nSPS) is 14.3. The zero-order valence-electron chi connectivity index (χ0n) is 15.9. The molecule has 0 amide bonds. The van der Waals surface area contributed by atoms with Crippen molar-refractivity contribution in [3.63, 3.8) is 0 Å². The van der Waals surface area contributed by atoms with Gasteiger partial charge in [0, 0.05) is 37.2 Å². The summed E-state index contributed by atoms with van der Waals surface area (Å²) in [5, 5.41) is 1.20. The molecule has 5 rings (SSSR count). The van der Waals surface area contributed by atoms with Crippen LogP contribution in [0.1, 0.15) is 24.8 Å². The molecule has 3 heterocycles. The Morgan fingerprint density at radius 2 is 2.04 bits per heavy atom. The smallest absolute Gasteiger partial charge is 0.332 e. The lowest BCUT2D eigenvalue weighted by atomic mass is 10.1. The highest BCUT2D eigenvalue weighted by atomic mass is 16.2. The molecule has 3 aromatic heterocycles. The molecular weight excluding hydrogens is 354 g/mol. The number of hydrogen-bond acceptors (Lipinski definition) is 3. The second-order valence-corrected chi connectivity index (χ2v) is 7.77. The summed E-state index contributed by atoms with van der Waals surface area (Å²) < 4.78 is 4.78. The fourth-order valence-corrected chi connectivity index (χ4v) is 4.00. The summed E-state index contributed by atoms with van der Waals surface area (Å²) in [6.07, 6.45) is 7.63. The average molecular weight is 377 g/mol. The first-order valence-corrected chi connectivity index (χ1v) is 9.83. The lowest BCUT2D eigenvalue weighted by molar-refractivity contribution is 0.568. The Balaban J connectivity index is 1.45. The van der Waals surface area contributed by atoms with Gasteiger partial charge in [-0.3, -0.25) is 13.9 Å². The van der Waals surface area contributed by atoms with E-state index in [9.17, 15) is 9.59 Å². The zero-order chi connectivity index (χ0) is 19.3. The van der Waals surface area contributed by atoms with E-state index in [0.29, 0.717) is 23.6 Å². The van der Waals surface area contributed by atoms with E-state index in [4.69, 9.17) is 0 Å². The number of H-pyrrole nitrogens is 1. The summed E-state index contributed by atoms with van der Waals surface area (Å²) in [7, 11) is 1.69. The van der Waals surface area contributed by atoms with Gasteiger partial charge in [-0.2, -0.15) is 0 Å². The van der Waals surface area contributed by atoms with Crippen LogP contribution >= 0.6 is 0 Å². The molecule has 144 valence electrons. The molecule has 0 saturated heterocycles. The molecule has 0 atom stereocenters. The van der Waals surface area contributed by atoms with E-state index in [1.807, 2.05) is 29.0 Å². The van der Waals surface area contributed by atoms with Gasteiger partial charge < -0.3 is 9.55 Å². The second kappa shape index (κ2) is 6.51. The van der Waals surface area contributed by atoms with Crippen LogP contribution in [0.15, 0.2) is 46.4 Å². The summed E-state index contributed by atoms with van der Waals surface area (Å²) in [6.45, 7) is 1.20. The number of aromatic amines is 1. The van der Waals surface area contributed by atoms with Crippen molar-refractivity contribution < 1.29 is 0 Å². The van der Waals surface area contributed by atoms with Crippen LogP contribution in [0.5, 0.6) is 0 Å². The van der Waals surface area contributed by atoms with Crippen molar-refractivity contribution in [1.29, 1.82) is 0 Å². The standard InChI is InChI=1S/C21H23N5O2/c1-24-19-18(25(13-23-19)12-14-8-9-14)20(27)26(21(24)28)10-4-5-15-11-22-17-7-3-2-6-16(15)17/h2-3,6-7,11,13-14,22H,4-5,8-10,12H2,1H3. The Morgan fingerprint density at radius 1 is 1.21 bits per heavy atom. The van der Waals surface area contributed by atoms with Gasteiger partial charge in [0.2, 0.25) is 0 Å². The number of para-hydroxylation sites is 1. The topological polar surface area (TPSA) is 77.6 Å². The Labute approximate surface area is 161 Å². The number of rotatable bonds is 6. The molecule has 1 saturated carbocycles. The molecular formula is C21H23N5O2. The quantitative estimate of drug-likeness (QED) is 0.561. The van der Waals surface area contributed by atoms with Gasteiger partial charge in [-0.1, -0.05) is 18.2 Å². The largest absolute Gasteiger partial charge is 0.361 e. The maximum absolute atomic E-state index is 13.1. The van der Waals surface area contributed by atoms with Crippen LogP contribution < -0.4 is 11.2 Å². The van der Waals surface area contributed by atoms with Gasteiger partial charge in [0.15, 0.2) is 11.2 Å². The van der Waals surface area contributed by atoms with Crippen molar-refractivity contribution >= 4 is 22.1 Å². The lowest BCUT2D eigenvalue weighted by Gasteiger charge is -2.09. The fourth-order valence-electron chi connectivity index (χ4n) is 4.00. The molecule has 4 aromatic rings. The molecule has 1 N–H and O–H groups in total. The SMILES string of the molecule is Cn1c(=O)n(CCCc2c[nH]c3ccccc23)c(=O)c2c1ncn2CC1CC1. The van der Waals surface area contributed by atoms with Crippen molar-refractivity contribution in [3.05, 3.63) is 63.2 Å². The summed E-state index contributed by atoms with van der Waals surface area (Å²) in [4.78, 5) is 33.4. The average Bonchev–Trinajstić information content (AvgIpc) is 3.27. The molecule has 0 bridgehead atoms. The molecule has 0 unspecified atom stereocenters. The van der Waals surface area contributed by atoms with Crippen LogP contribution in [0.2, 0.25) is 0 Å². The maximum Gasteiger partial charge on any atom is 0.332 e. The highest BCUT2D eigenvalue weighted by molar-refractivity contribution is 5.83. The van der Waals surface area contributed by atoms with Crippen molar-refractivity contribution in [2.45, 2.75) is 38.8 Å². The van der Waals surface area contributed by atoms with Gasteiger partial charge in [-0.25, -0.2) is 9.78 Å².